The minimum absolute atomic E-state index is 0.0808. The summed E-state index contributed by atoms with van der Waals surface area (Å²) in [6.07, 6.45) is 0. The van der Waals surface area contributed by atoms with Gasteiger partial charge in [0, 0.05) is 5.69 Å². The van der Waals surface area contributed by atoms with E-state index < -0.39 is 29.0 Å². The number of rotatable bonds is 6. The number of likely N-dealkylation sites (N-methyl/N-ethyl adjacent to an activating group) is 1. The maximum absolute atomic E-state index is 13.5. The number of hydrogen-bond donors (Lipinski definition) is 2. The summed E-state index contributed by atoms with van der Waals surface area (Å²) in [5.41, 5.74) is 0.153. The molecule has 2 aromatic rings. The molecule has 25 heavy (non-hydrogen) atoms. The van der Waals surface area contributed by atoms with E-state index in [-0.39, 0.29) is 19.0 Å². The molecule has 0 atom stereocenters. The van der Waals surface area contributed by atoms with E-state index in [1.165, 1.54) is 11.9 Å². The topological polar surface area (TPSA) is 61.4 Å². The van der Waals surface area contributed by atoms with Crippen LogP contribution in [-0.4, -0.2) is 36.9 Å². The number of halogens is 3. The average molecular weight is 351 g/mol. The Labute approximate surface area is 142 Å². The van der Waals surface area contributed by atoms with Gasteiger partial charge in [0.2, 0.25) is 11.8 Å². The number of carbonyl (C=O) groups excluding carboxylic acids is 2. The Hall–Kier alpha value is -2.87. The van der Waals surface area contributed by atoms with Crippen molar-refractivity contribution in [2.24, 2.45) is 0 Å². The van der Waals surface area contributed by atoms with Gasteiger partial charge in [0.05, 0.1) is 18.8 Å². The van der Waals surface area contributed by atoms with E-state index >= 15 is 0 Å². The van der Waals surface area contributed by atoms with Crippen LogP contribution in [0.4, 0.5) is 24.5 Å². The second-order valence-corrected chi connectivity index (χ2v) is 5.36. The molecule has 5 nitrogen and oxygen atoms in total. The third-order valence-electron chi connectivity index (χ3n) is 3.19. The van der Waals surface area contributed by atoms with E-state index in [0.29, 0.717) is 11.8 Å². The van der Waals surface area contributed by atoms with E-state index in [1.807, 2.05) is 6.07 Å². The lowest BCUT2D eigenvalue weighted by atomic mass is 10.2. The van der Waals surface area contributed by atoms with Gasteiger partial charge in [-0.2, -0.15) is 0 Å². The third-order valence-corrected chi connectivity index (χ3v) is 3.19. The smallest absolute Gasteiger partial charge is 0.238 e. The normalized spacial score (nSPS) is 10.6. The Balaban J connectivity index is 1.86. The molecule has 0 unspecified atom stereocenters. The summed E-state index contributed by atoms with van der Waals surface area (Å²) in [7, 11) is 1.52. The first-order chi connectivity index (χ1) is 11.9. The fourth-order valence-corrected chi connectivity index (χ4v) is 2.08. The highest BCUT2D eigenvalue weighted by molar-refractivity contribution is 5.94. The lowest BCUT2D eigenvalue weighted by molar-refractivity contribution is -0.119. The molecular formula is C17H16F3N3O2. The number of hydrogen-bond acceptors (Lipinski definition) is 3. The molecule has 0 fully saturated rings. The zero-order valence-corrected chi connectivity index (χ0v) is 13.4. The Kier molecular flexibility index (Phi) is 6.13. The molecule has 0 saturated heterocycles. The van der Waals surface area contributed by atoms with Gasteiger partial charge in [0.15, 0.2) is 17.5 Å². The van der Waals surface area contributed by atoms with Gasteiger partial charge in [-0.15, -0.1) is 0 Å². The van der Waals surface area contributed by atoms with Crippen LogP contribution < -0.4 is 10.6 Å². The van der Waals surface area contributed by atoms with Crippen molar-refractivity contribution in [3.8, 4) is 0 Å². The zero-order valence-electron chi connectivity index (χ0n) is 13.4. The van der Waals surface area contributed by atoms with Crippen LogP contribution in [0.1, 0.15) is 0 Å². The first-order valence-electron chi connectivity index (χ1n) is 7.33. The number of anilines is 2. The first kappa shape index (κ1) is 18.5. The van der Waals surface area contributed by atoms with Crippen molar-refractivity contribution >= 4 is 23.2 Å². The van der Waals surface area contributed by atoms with E-state index in [0.717, 1.165) is 6.07 Å². The standard InChI is InChI=1S/C17H16F3N3O2/c1-23(9-14(24)21-11-5-3-2-4-6-11)10-15(25)22-13-8-7-12(18)16(19)17(13)20/h2-8H,9-10H2,1H3,(H,21,24)(H,22,25). The molecule has 0 spiro atoms. The van der Waals surface area contributed by atoms with Gasteiger partial charge in [-0.1, -0.05) is 18.2 Å². The van der Waals surface area contributed by atoms with Crippen LogP contribution in [0.3, 0.4) is 0 Å². The van der Waals surface area contributed by atoms with Crippen molar-refractivity contribution < 1.29 is 22.8 Å². The number of carbonyl (C=O) groups is 2. The molecule has 0 heterocycles. The fourth-order valence-electron chi connectivity index (χ4n) is 2.08. The van der Waals surface area contributed by atoms with Gasteiger partial charge < -0.3 is 10.6 Å². The quantitative estimate of drug-likeness (QED) is 0.787. The lowest BCUT2D eigenvalue weighted by Gasteiger charge is -2.16. The first-order valence-corrected chi connectivity index (χ1v) is 7.33. The molecule has 2 aromatic carbocycles. The minimum atomic E-state index is -1.66. The van der Waals surface area contributed by atoms with Crippen molar-refractivity contribution in [2.75, 3.05) is 30.8 Å². The molecular weight excluding hydrogens is 335 g/mol. The van der Waals surface area contributed by atoms with E-state index in [2.05, 4.69) is 10.6 Å². The van der Waals surface area contributed by atoms with E-state index in [4.69, 9.17) is 0 Å². The minimum Gasteiger partial charge on any atom is -0.325 e. The highest BCUT2D eigenvalue weighted by Gasteiger charge is 2.16. The van der Waals surface area contributed by atoms with Crippen molar-refractivity contribution in [3.63, 3.8) is 0 Å². The highest BCUT2D eigenvalue weighted by atomic mass is 19.2. The number of para-hydroxylation sites is 1. The van der Waals surface area contributed by atoms with Gasteiger partial charge in [0.1, 0.15) is 0 Å². The Bertz CT molecular complexity index is 769. The monoisotopic (exact) mass is 351 g/mol. The summed E-state index contributed by atoms with van der Waals surface area (Å²) in [4.78, 5) is 25.1. The number of benzene rings is 2. The maximum Gasteiger partial charge on any atom is 0.238 e. The van der Waals surface area contributed by atoms with Gasteiger partial charge in [-0.3, -0.25) is 14.5 Å². The third kappa shape index (κ3) is 5.32. The van der Waals surface area contributed by atoms with E-state index in [9.17, 15) is 22.8 Å². The molecule has 0 saturated carbocycles. The predicted molar refractivity (Wildman–Crippen MR) is 87.5 cm³/mol. The van der Waals surface area contributed by atoms with Crippen molar-refractivity contribution in [3.05, 3.63) is 59.9 Å². The molecule has 2 N–H and O–H groups in total. The van der Waals surface area contributed by atoms with Crippen LogP contribution in [0.5, 0.6) is 0 Å². The van der Waals surface area contributed by atoms with Crippen LogP contribution in [-0.2, 0) is 9.59 Å². The fraction of sp³-hybridized carbons (Fsp3) is 0.176. The van der Waals surface area contributed by atoms with Gasteiger partial charge in [-0.25, -0.2) is 13.2 Å². The van der Waals surface area contributed by atoms with Gasteiger partial charge in [0.25, 0.3) is 0 Å². The molecule has 2 amide bonds. The molecule has 0 aromatic heterocycles. The van der Waals surface area contributed by atoms with Crippen molar-refractivity contribution in [2.45, 2.75) is 0 Å². The van der Waals surface area contributed by atoms with Crippen molar-refractivity contribution in [1.29, 1.82) is 0 Å². The summed E-state index contributed by atoms with van der Waals surface area (Å²) in [5, 5.41) is 4.79. The van der Waals surface area contributed by atoms with Crippen LogP contribution in [0.2, 0.25) is 0 Å². The summed E-state index contributed by atoms with van der Waals surface area (Å²) in [6.45, 7) is -0.316. The molecule has 0 radical (unpaired) electrons. The average Bonchev–Trinajstić information content (AvgIpc) is 2.56. The Morgan fingerprint density at radius 3 is 2.12 bits per heavy atom. The van der Waals surface area contributed by atoms with Crippen LogP contribution in [0.15, 0.2) is 42.5 Å². The number of nitrogens with zero attached hydrogens (tertiary/aromatic N) is 1. The number of nitrogens with one attached hydrogen (secondary N) is 2. The Morgan fingerprint density at radius 1 is 0.880 bits per heavy atom. The molecule has 2 rings (SSSR count). The summed E-state index contributed by atoms with van der Waals surface area (Å²) >= 11 is 0. The summed E-state index contributed by atoms with van der Waals surface area (Å²) in [5.74, 6) is -5.48. The second-order valence-electron chi connectivity index (χ2n) is 5.36. The van der Waals surface area contributed by atoms with Crippen LogP contribution in [0.25, 0.3) is 0 Å². The molecule has 0 aliphatic rings. The van der Waals surface area contributed by atoms with Crippen molar-refractivity contribution in [1.82, 2.24) is 4.90 Å². The molecule has 132 valence electrons. The van der Waals surface area contributed by atoms with E-state index in [1.54, 1.807) is 24.3 Å². The lowest BCUT2D eigenvalue weighted by Crippen LogP contribution is -2.36. The predicted octanol–water partition coefficient (Wildman–Crippen LogP) is 2.61. The second kappa shape index (κ2) is 8.29. The van der Waals surface area contributed by atoms with Crippen LogP contribution in [0, 0.1) is 17.5 Å². The molecule has 0 aliphatic carbocycles. The molecule has 8 heteroatoms. The highest BCUT2D eigenvalue weighted by Crippen LogP contribution is 2.19. The number of amides is 2. The van der Waals surface area contributed by atoms with Crippen LogP contribution >= 0.6 is 0 Å². The summed E-state index contributed by atoms with van der Waals surface area (Å²) < 4.78 is 39.5. The SMILES string of the molecule is CN(CC(=O)Nc1ccccc1)CC(=O)Nc1ccc(F)c(F)c1F. The maximum atomic E-state index is 13.5. The Morgan fingerprint density at radius 2 is 1.48 bits per heavy atom. The zero-order chi connectivity index (χ0) is 18.4. The van der Waals surface area contributed by atoms with Gasteiger partial charge in [-0.05, 0) is 31.3 Å². The summed E-state index contributed by atoms with van der Waals surface area (Å²) in [6, 6.07) is 10.4. The largest absolute Gasteiger partial charge is 0.325 e. The molecule has 0 bridgehead atoms. The van der Waals surface area contributed by atoms with Gasteiger partial charge >= 0.3 is 0 Å². The molecule has 0 aliphatic heterocycles.